The van der Waals surface area contributed by atoms with Crippen LogP contribution in [0.1, 0.15) is 73.9 Å². The molecule has 2 aromatic heterocycles. The minimum atomic E-state index is -4.48. The van der Waals surface area contributed by atoms with Gasteiger partial charge in [0.2, 0.25) is 0 Å². The molecule has 206 valence electrons. The van der Waals surface area contributed by atoms with Crippen LogP contribution in [0.15, 0.2) is 12.4 Å². The van der Waals surface area contributed by atoms with Gasteiger partial charge in [-0.1, -0.05) is 0 Å². The molecule has 0 saturated carbocycles. The first kappa shape index (κ1) is 27.1. The zero-order valence-corrected chi connectivity index (χ0v) is 22.8. The Bertz CT molecular complexity index is 1140. The monoisotopic (exact) mass is 543 g/mol. The highest BCUT2D eigenvalue weighted by molar-refractivity contribution is 7.12. The van der Waals surface area contributed by atoms with E-state index in [1.165, 1.54) is 0 Å². The maximum atomic E-state index is 13.7. The van der Waals surface area contributed by atoms with Crippen molar-refractivity contribution in [1.29, 1.82) is 0 Å². The van der Waals surface area contributed by atoms with Crippen molar-refractivity contribution >= 4 is 11.3 Å². The van der Waals surface area contributed by atoms with Gasteiger partial charge in [-0.3, -0.25) is 9.58 Å². The number of aromatic nitrogens is 2. The molecule has 1 spiro atoms. The number of piperidine rings is 1. The normalized spacial score (nSPS) is 29.6. The summed E-state index contributed by atoms with van der Waals surface area (Å²) in [5.74, 6) is -0.633. The van der Waals surface area contributed by atoms with E-state index in [2.05, 4.69) is 16.9 Å². The summed E-state index contributed by atoms with van der Waals surface area (Å²) in [7, 11) is 0. The van der Waals surface area contributed by atoms with Crippen molar-refractivity contribution < 1.29 is 32.5 Å². The number of hydrogen-bond acceptors (Lipinski definition) is 7. The van der Waals surface area contributed by atoms with Gasteiger partial charge in [0.15, 0.2) is 5.79 Å². The number of rotatable bonds is 5. The molecule has 5 rings (SSSR count). The molecule has 11 heteroatoms. The number of thiophene rings is 1. The average molecular weight is 544 g/mol. The Morgan fingerprint density at radius 3 is 2.62 bits per heavy atom. The molecule has 3 atom stereocenters. The van der Waals surface area contributed by atoms with Crippen molar-refractivity contribution in [2.75, 3.05) is 13.2 Å². The van der Waals surface area contributed by atoms with Crippen LogP contribution < -0.4 is 0 Å². The summed E-state index contributed by atoms with van der Waals surface area (Å²) in [6.07, 6.45) is 0.903. The number of aliphatic hydroxyl groups excluding tert-OH is 1. The minimum absolute atomic E-state index is 0.0286. The molecule has 2 saturated heterocycles. The maximum absolute atomic E-state index is 13.7. The summed E-state index contributed by atoms with van der Waals surface area (Å²) in [4.78, 5) is 2.30. The lowest BCUT2D eigenvalue weighted by Gasteiger charge is -2.47. The predicted molar refractivity (Wildman–Crippen MR) is 132 cm³/mol. The first-order valence-corrected chi connectivity index (χ1v) is 13.6. The molecule has 0 amide bonds. The van der Waals surface area contributed by atoms with Gasteiger partial charge in [0.05, 0.1) is 31.6 Å². The first-order chi connectivity index (χ1) is 17.2. The molecule has 0 aliphatic carbocycles. The van der Waals surface area contributed by atoms with Gasteiger partial charge in [-0.05, 0) is 59.4 Å². The number of alkyl halides is 3. The third-order valence-electron chi connectivity index (χ3n) is 7.86. The Morgan fingerprint density at radius 2 is 2.00 bits per heavy atom. The van der Waals surface area contributed by atoms with Gasteiger partial charge in [0.1, 0.15) is 16.6 Å². The summed E-state index contributed by atoms with van der Waals surface area (Å²) in [5.41, 5.74) is 0.581. The van der Waals surface area contributed by atoms with Crippen molar-refractivity contribution in [3.63, 3.8) is 0 Å². The van der Waals surface area contributed by atoms with Crippen LogP contribution in [0.2, 0.25) is 0 Å². The number of halogens is 3. The molecule has 0 unspecified atom stereocenters. The maximum Gasteiger partial charge on any atom is 0.425 e. The summed E-state index contributed by atoms with van der Waals surface area (Å²) in [6, 6.07) is 0.100. The zero-order chi connectivity index (χ0) is 26.8. The second-order valence-corrected chi connectivity index (χ2v) is 12.5. The molecule has 3 aliphatic rings. The Morgan fingerprint density at radius 1 is 1.24 bits per heavy atom. The molecule has 1 N–H and O–H groups in total. The van der Waals surface area contributed by atoms with E-state index in [1.807, 2.05) is 44.8 Å². The largest absolute Gasteiger partial charge is 0.425 e. The highest BCUT2D eigenvalue weighted by atomic mass is 32.1. The Kier molecular flexibility index (Phi) is 6.81. The molecule has 2 aromatic rings. The van der Waals surface area contributed by atoms with Crippen LogP contribution in [0.25, 0.3) is 0 Å². The molecular weight excluding hydrogens is 507 g/mol. The van der Waals surface area contributed by atoms with Crippen LogP contribution in [-0.2, 0) is 52.1 Å². The van der Waals surface area contributed by atoms with Crippen molar-refractivity contribution in [3.05, 3.63) is 38.8 Å². The smallest absolute Gasteiger partial charge is 0.392 e. The highest BCUT2D eigenvalue weighted by Gasteiger charge is 2.49. The lowest BCUT2D eigenvalue weighted by Crippen LogP contribution is -2.50. The molecule has 3 aliphatic heterocycles. The molecular formula is C26H36F3N3O4S. The number of ether oxygens (including phenoxy) is 3. The average Bonchev–Trinajstić information content (AvgIpc) is 3.44. The summed E-state index contributed by atoms with van der Waals surface area (Å²) >= 11 is 0.760. The van der Waals surface area contributed by atoms with Gasteiger partial charge in [-0.2, -0.15) is 18.3 Å². The van der Waals surface area contributed by atoms with Crippen molar-refractivity contribution in [2.24, 2.45) is 0 Å². The third-order valence-corrected chi connectivity index (χ3v) is 9.37. The number of fused-ring (bicyclic) bond motifs is 2. The van der Waals surface area contributed by atoms with Crippen LogP contribution >= 0.6 is 11.3 Å². The van der Waals surface area contributed by atoms with E-state index in [9.17, 15) is 18.3 Å². The van der Waals surface area contributed by atoms with E-state index >= 15 is 0 Å². The van der Waals surface area contributed by atoms with E-state index < -0.39 is 34.6 Å². The Labute approximate surface area is 219 Å². The fraction of sp³-hybridized carbons (Fsp3) is 0.731. The van der Waals surface area contributed by atoms with Gasteiger partial charge >= 0.3 is 6.18 Å². The van der Waals surface area contributed by atoms with E-state index in [1.54, 1.807) is 0 Å². The summed E-state index contributed by atoms with van der Waals surface area (Å²) in [6.45, 7) is 11.7. The van der Waals surface area contributed by atoms with Gasteiger partial charge < -0.3 is 19.3 Å². The van der Waals surface area contributed by atoms with E-state index in [0.29, 0.717) is 55.9 Å². The zero-order valence-electron chi connectivity index (χ0n) is 22.0. The SMILES string of the molecule is C[C@H]1C[C@@]2(CCN1Cc1cnn(C[C@@H]3OC(C)(C)OC3(C)C)c1)OCCc1c2sc(C(F)(F)F)c1CO. The quantitative estimate of drug-likeness (QED) is 0.582. The topological polar surface area (TPSA) is 69.0 Å². The molecule has 5 heterocycles. The first-order valence-electron chi connectivity index (χ1n) is 12.8. The number of nitrogens with zero attached hydrogens (tertiary/aromatic N) is 3. The highest BCUT2D eigenvalue weighted by Crippen LogP contribution is 2.51. The molecule has 0 aromatic carbocycles. The van der Waals surface area contributed by atoms with E-state index in [4.69, 9.17) is 14.2 Å². The standard InChI is InChI=1S/C26H36F3N3O4S/c1-16-10-25(21-18(6-9-34-25)19(15-33)22(37-21)26(27,28)29)7-8-31(16)12-17-11-30-32(13-17)14-20-23(2,3)36-24(4,5)35-20/h11,13,16,20,33H,6-10,12,14-15H2,1-5H3/t16-,20-,25+/m0/s1. The lowest BCUT2D eigenvalue weighted by molar-refractivity contribution is -0.158. The van der Waals surface area contributed by atoms with Crippen LogP contribution in [-0.4, -0.2) is 56.5 Å². The number of hydrogen-bond donors (Lipinski definition) is 1. The summed E-state index contributed by atoms with van der Waals surface area (Å²) in [5, 5.41) is 14.3. The predicted octanol–water partition coefficient (Wildman–Crippen LogP) is 4.84. The van der Waals surface area contributed by atoms with Crippen LogP contribution in [0, 0.1) is 0 Å². The number of aliphatic hydroxyl groups is 1. The Hall–Kier alpha value is -1.50. The molecule has 0 radical (unpaired) electrons. The molecule has 37 heavy (non-hydrogen) atoms. The second-order valence-electron chi connectivity index (χ2n) is 11.5. The second kappa shape index (κ2) is 9.31. The van der Waals surface area contributed by atoms with Gasteiger partial charge in [-0.25, -0.2) is 0 Å². The number of likely N-dealkylation sites (tertiary alicyclic amines) is 1. The van der Waals surface area contributed by atoms with Gasteiger partial charge in [0.25, 0.3) is 0 Å². The molecule has 7 nitrogen and oxygen atoms in total. The molecule has 2 fully saturated rings. The lowest BCUT2D eigenvalue weighted by atomic mass is 9.81. The van der Waals surface area contributed by atoms with Gasteiger partial charge in [0, 0.05) is 41.3 Å². The van der Waals surface area contributed by atoms with Crippen LogP contribution in [0.4, 0.5) is 13.2 Å². The van der Waals surface area contributed by atoms with Crippen LogP contribution in [0.5, 0.6) is 0 Å². The van der Waals surface area contributed by atoms with Crippen molar-refractivity contribution in [1.82, 2.24) is 14.7 Å². The van der Waals surface area contributed by atoms with Crippen molar-refractivity contribution in [2.45, 2.75) is 109 Å². The molecule has 0 bridgehead atoms. The fourth-order valence-corrected chi connectivity index (χ4v) is 7.63. The summed E-state index contributed by atoms with van der Waals surface area (Å²) < 4.78 is 61.3. The third kappa shape index (κ3) is 5.10. The van der Waals surface area contributed by atoms with E-state index in [0.717, 1.165) is 16.9 Å². The van der Waals surface area contributed by atoms with Crippen LogP contribution in [0.3, 0.4) is 0 Å². The fourth-order valence-electron chi connectivity index (χ4n) is 6.22. The minimum Gasteiger partial charge on any atom is -0.392 e. The van der Waals surface area contributed by atoms with Gasteiger partial charge in [-0.15, -0.1) is 11.3 Å². The Balaban J connectivity index is 1.28. The van der Waals surface area contributed by atoms with Crippen molar-refractivity contribution in [3.8, 4) is 0 Å². The van der Waals surface area contributed by atoms with E-state index in [-0.39, 0.29) is 17.7 Å².